The lowest BCUT2D eigenvalue weighted by molar-refractivity contribution is -0.147. The van der Waals surface area contributed by atoms with Crippen LogP contribution < -0.4 is 5.32 Å². The average molecular weight is 267 g/mol. The smallest absolute Gasteiger partial charge is 0.328 e. The van der Waals surface area contributed by atoms with Crippen molar-refractivity contribution in [2.24, 2.45) is 5.92 Å². The maximum atomic E-state index is 11.8. The molecule has 0 spiro atoms. The van der Waals surface area contributed by atoms with E-state index in [2.05, 4.69) is 11.9 Å². The number of esters is 1. The Hall–Kier alpha value is -1.32. The van der Waals surface area contributed by atoms with E-state index >= 15 is 0 Å². The van der Waals surface area contributed by atoms with Gasteiger partial charge < -0.3 is 10.1 Å². The number of amides is 1. The Bertz CT molecular complexity index is 309. The summed E-state index contributed by atoms with van der Waals surface area (Å²) in [6.45, 7) is 5.54. The minimum absolute atomic E-state index is 0.0416. The minimum atomic E-state index is -0.569. The predicted octanol–water partition coefficient (Wildman–Crippen LogP) is 2.58. The molecule has 0 bridgehead atoms. The van der Waals surface area contributed by atoms with Crippen molar-refractivity contribution >= 4 is 11.9 Å². The fourth-order valence-corrected chi connectivity index (χ4v) is 2.38. The van der Waals surface area contributed by atoms with Gasteiger partial charge in [0, 0.05) is 6.42 Å². The highest BCUT2D eigenvalue weighted by Crippen LogP contribution is 2.26. The van der Waals surface area contributed by atoms with E-state index in [-0.39, 0.29) is 11.9 Å². The third-order valence-electron chi connectivity index (χ3n) is 3.50. The third kappa shape index (κ3) is 6.41. The summed E-state index contributed by atoms with van der Waals surface area (Å²) in [4.78, 5) is 23.4. The van der Waals surface area contributed by atoms with Gasteiger partial charge in [0.2, 0.25) is 5.91 Å². The van der Waals surface area contributed by atoms with Gasteiger partial charge in [-0.2, -0.15) is 0 Å². The molecule has 0 radical (unpaired) electrons. The zero-order valence-electron chi connectivity index (χ0n) is 11.8. The van der Waals surface area contributed by atoms with E-state index in [1.165, 1.54) is 19.3 Å². The Kier molecular flexibility index (Phi) is 7.23. The summed E-state index contributed by atoms with van der Waals surface area (Å²) in [5.74, 6) is 0.0663. The molecule has 19 heavy (non-hydrogen) atoms. The molecule has 1 aliphatic rings. The molecule has 0 aliphatic heterocycles. The maximum Gasteiger partial charge on any atom is 0.328 e. The molecule has 1 amide bonds. The Morgan fingerprint density at radius 2 is 2.05 bits per heavy atom. The van der Waals surface area contributed by atoms with Crippen molar-refractivity contribution in [2.75, 3.05) is 6.61 Å². The zero-order chi connectivity index (χ0) is 14.1. The standard InChI is InChI=1S/C15H25NO3/c1-3-4-10-19-15(18)12(2)16-14(17)11-13-8-6-5-7-9-13/h3,12-13H,1,4-11H2,2H3,(H,16,17). The Labute approximate surface area is 115 Å². The van der Waals surface area contributed by atoms with Crippen molar-refractivity contribution < 1.29 is 14.3 Å². The highest BCUT2D eigenvalue weighted by molar-refractivity contribution is 5.84. The van der Waals surface area contributed by atoms with E-state index in [0.717, 1.165) is 12.8 Å². The van der Waals surface area contributed by atoms with Crippen molar-refractivity contribution in [3.8, 4) is 0 Å². The van der Waals surface area contributed by atoms with Gasteiger partial charge in [0.1, 0.15) is 6.04 Å². The summed E-state index contributed by atoms with van der Waals surface area (Å²) in [7, 11) is 0. The summed E-state index contributed by atoms with van der Waals surface area (Å²) in [6.07, 6.45) is 8.84. The minimum Gasteiger partial charge on any atom is -0.464 e. The van der Waals surface area contributed by atoms with Gasteiger partial charge in [-0.3, -0.25) is 4.79 Å². The molecule has 1 N–H and O–H groups in total. The first-order valence-electron chi connectivity index (χ1n) is 7.20. The van der Waals surface area contributed by atoms with Gasteiger partial charge in [-0.15, -0.1) is 6.58 Å². The molecule has 0 heterocycles. The predicted molar refractivity (Wildman–Crippen MR) is 74.6 cm³/mol. The molecule has 0 aromatic heterocycles. The second-order valence-corrected chi connectivity index (χ2v) is 5.24. The lowest BCUT2D eigenvalue weighted by Crippen LogP contribution is -2.40. The van der Waals surface area contributed by atoms with E-state index in [4.69, 9.17) is 4.74 Å². The van der Waals surface area contributed by atoms with E-state index < -0.39 is 6.04 Å². The second kappa shape index (κ2) is 8.73. The first-order valence-corrected chi connectivity index (χ1v) is 7.20. The molecule has 4 heteroatoms. The average Bonchev–Trinajstić information content (AvgIpc) is 2.39. The summed E-state index contributed by atoms with van der Waals surface area (Å²) in [5.41, 5.74) is 0. The number of hydrogen-bond donors (Lipinski definition) is 1. The van der Waals surface area contributed by atoms with Crippen LogP contribution in [0.1, 0.15) is 51.9 Å². The van der Waals surface area contributed by atoms with Crippen LogP contribution in [0.5, 0.6) is 0 Å². The number of hydrogen-bond acceptors (Lipinski definition) is 3. The first-order chi connectivity index (χ1) is 9.13. The summed E-state index contributed by atoms with van der Waals surface area (Å²) in [5, 5.41) is 2.71. The Morgan fingerprint density at radius 1 is 1.37 bits per heavy atom. The highest BCUT2D eigenvalue weighted by atomic mass is 16.5. The van der Waals surface area contributed by atoms with Crippen LogP contribution in [0.15, 0.2) is 12.7 Å². The maximum absolute atomic E-state index is 11.8. The molecule has 1 aliphatic carbocycles. The van der Waals surface area contributed by atoms with Crippen LogP contribution in [0.3, 0.4) is 0 Å². The van der Waals surface area contributed by atoms with E-state index in [0.29, 0.717) is 25.4 Å². The van der Waals surface area contributed by atoms with Crippen molar-refractivity contribution in [2.45, 2.75) is 57.9 Å². The lowest BCUT2D eigenvalue weighted by atomic mass is 9.87. The fraction of sp³-hybridized carbons (Fsp3) is 0.733. The van der Waals surface area contributed by atoms with Gasteiger partial charge in [0.25, 0.3) is 0 Å². The molecular formula is C15H25NO3. The first kappa shape index (κ1) is 15.7. The van der Waals surface area contributed by atoms with Crippen molar-refractivity contribution in [1.82, 2.24) is 5.32 Å². The van der Waals surface area contributed by atoms with Crippen LogP contribution in [0.4, 0.5) is 0 Å². The number of nitrogens with one attached hydrogen (secondary N) is 1. The number of carbonyl (C=O) groups is 2. The molecule has 1 atom stereocenters. The summed E-state index contributed by atoms with van der Waals surface area (Å²) >= 11 is 0. The molecule has 1 saturated carbocycles. The Morgan fingerprint density at radius 3 is 2.68 bits per heavy atom. The summed E-state index contributed by atoms with van der Waals surface area (Å²) < 4.78 is 5.01. The SMILES string of the molecule is C=CCCOC(=O)C(C)NC(=O)CC1CCCCC1. The van der Waals surface area contributed by atoms with Crippen LogP contribution in [-0.2, 0) is 14.3 Å². The normalized spacial score (nSPS) is 17.5. The number of rotatable bonds is 7. The van der Waals surface area contributed by atoms with E-state index in [9.17, 15) is 9.59 Å². The molecule has 1 unspecified atom stereocenters. The van der Waals surface area contributed by atoms with Crippen molar-refractivity contribution in [3.63, 3.8) is 0 Å². The summed E-state index contributed by atoms with van der Waals surface area (Å²) in [6, 6.07) is -0.569. The van der Waals surface area contributed by atoms with Crippen LogP contribution in [0.25, 0.3) is 0 Å². The molecule has 0 saturated heterocycles. The largest absolute Gasteiger partial charge is 0.464 e. The molecule has 1 fully saturated rings. The molecular weight excluding hydrogens is 242 g/mol. The molecule has 1 rings (SSSR count). The third-order valence-corrected chi connectivity index (χ3v) is 3.50. The van der Waals surface area contributed by atoms with Gasteiger partial charge in [0.05, 0.1) is 6.61 Å². The number of carbonyl (C=O) groups excluding carboxylic acids is 2. The van der Waals surface area contributed by atoms with Crippen LogP contribution in [0, 0.1) is 5.92 Å². The fourth-order valence-electron chi connectivity index (χ4n) is 2.38. The topological polar surface area (TPSA) is 55.4 Å². The van der Waals surface area contributed by atoms with Crippen LogP contribution >= 0.6 is 0 Å². The van der Waals surface area contributed by atoms with Crippen molar-refractivity contribution in [1.29, 1.82) is 0 Å². The molecule has 108 valence electrons. The quantitative estimate of drug-likeness (QED) is 0.438. The van der Waals surface area contributed by atoms with Crippen molar-refractivity contribution in [3.05, 3.63) is 12.7 Å². The molecule has 0 aromatic carbocycles. The highest BCUT2D eigenvalue weighted by Gasteiger charge is 2.20. The van der Waals surface area contributed by atoms with Crippen LogP contribution in [0.2, 0.25) is 0 Å². The Balaban J connectivity index is 2.22. The van der Waals surface area contributed by atoms with E-state index in [1.54, 1.807) is 13.0 Å². The second-order valence-electron chi connectivity index (χ2n) is 5.24. The van der Waals surface area contributed by atoms with Gasteiger partial charge in [-0.05, 0) is 32.1 Å². The van der Waals surface area contributed by atoms with Gasteiger partial charge in [0.15, 0.2) is 0 Å². The lowest BCUT2D eigenvalue weighted by Gasteiger charge is -2.21. The van der Waals surface area contributed by atoms with Crippen LogP contribution in [-0.4, -0.2) is 24.5 Å². The van der Waals surface area contributed by atoms with Gasteiger partial charge >= 0.3 is 5.97 Å². The van der Waals surface area contributed by atoms with Gasteiger partial charge in [-0.25, -0.2) is 4.79 Å². The van der Waals surface area contributed by atoms with Gasteiger partial charge in [-0.1, -0.05) is 25.3 Å². The molecule has 0 aromatic rings. The monoisotopic (exact) mass is 267 g/mol. The molecule has 4 nitrogen and oxygen atoms in total. The number of ether oxygens (including phenoxy) is 1. The van der Waals surface area contributed by atoms with E-state index in [1.807, 2.05) is 0 Å². The zero-order valence-corrected chi connectivity index (χ0v) is 11.8.